The molecule has 1 saturated heterocycles. The fraction of sp³-hybridized carbons (Fsp3) is 0.500. The van der Waals surface area contributed by atoms with Gasteiger partial charge in [0.2, 0.25) is 5.88 Å². The molecule has 1 aliphatic heterocycles. The summed E-state index contributed by atoms with van der Waals surface area (Å²) in [6.45, 7) is 6.33. The van der Waals surface area contributed by atoms with E-state index in [1.807, 2.05) is 35.2 Å². The molecule has 1 amide bonds. The summed E-state index contributed by atoms with van der Waals surface area (Å²) in [5, 5.41) is 8.44. The number of nitrogens with zero attached hydrogens (tertiary/aromatic N) is 3. The van der Waals surface area contributed by atoms with E-state index in [4.69, 9.17) is 4.74 Å². The highest BCUT2D eigenvalue weighted by molar-refractivity contribution is 5.94. The monoisotopic (exact) mass is 365 g/mol. The number of hydrogen-bond acceptors (Lipinski definition) is 4. The van der Waals surface area contributed by atoms with Crippen LogP contribution >= 0.6 is 0 Å². The van der Waals surface area contributed by atoms with Crippen LogP contribution in [0.4, 0.5) is 0 Å². The van der Waals surface area contributed by atoms with Gasteiger partial charge in [0, 0.05) is 30.6 Å². The van der Waals surface area contributed by atoms with Crippen LogP contribution in [0.1, 0.15) is 58.8 Å². The second-order valence-corrected chi connectivity index (χ2v) is 7.92. The van der Waals surface area contributed by atoms with Crippen LogP contribution in [0.2, 0.25) is 0 Å². The molecule has 0 atom stereocenters. The molecule has 2 aliphatic rings. The predicted molar refractivity (Wildman–Crippen MR) is 104 cm³/mol. The van der Waals surface area contributed by atoms with Gasteiger partial charge in [-0.2, -0.15) is 5.10 Å². The summed E-state index contributed by atoms with van der Waals surface area (Å²) in [7, 11) is 0. The van der Waals surface area contributed by atoms with E-state index in [-0.39, 0.29) is 5.91 Å². The molecule has 2 heterocycles. The maximum Gasteiger partial charge on any atom is 0.253 e. The second-order valence-electron chi connectivity index (χ2n) is 7.92. The van der Waals surface area contributed by atoms with Crippen molar-refractivity contribution in [1.82, 2.24) is 15.1 Å². The van der Waals surface area contributed by atoms with Crippen molar-refractivity contribution in [2.24, 2.45) is 5.92 Å². The van der Waals surface area contributed by atoms with Gasteiger partial charge in [0.05, 0.1) is 12.3 Å². The molecule has 5 nitrogen and oxygen atoms in total. The number of piperidine rings is 1. The number of carbonyl (C=O) groups is 1. The lowest BCUT2D eigenvalue weighted by Crippen LogP contribution is -2.39. The molecule has 1 aromatic carbocycles. The molecule has 2 aromatic rings. The Hall–Kier alpha value is -2.43. The van der Waals surface area contributed by atoms with Gasteiger partial charge in [0.15, 0.2) is 0 Å². The SMILES string of the molecule is Cc1ccc(C(=O)N2CCC(COc3ccc(C4CC4)nn3)CC2)cc1C. The number of aryl methyl sites for hydroxylation is 2. The molecule has 0 bridgehead atoms. The van der Waals surface area contributed by atoms with E-state index in [9.17, 15) is 4.79 Å². The number of benzene rings is 1. The van der Waals surface area contributed by atoms with Crippen LogP contribution < -0.4 is 4.74 Å². The Bertz CT molecular complexity index is 807. The molecular formula is C22H27N3O2. The van der Waals surface area contributed by atoms with E-state index in [1.54, 1.807) is 0 Å². The second kappa shape index (κ2) is 7.67. The molecule has 5 heteroatoms. The standard InChI is InChI=1S/C22H27N3O2/c1-15-3-4-19(13-16(15)2)22(26)25-11-9-17(10-12-25)14-27-21-8-7-20(23-24-21)18-5-6-18/h3-4,7-8,13,17-18H,5-6,9-12,14H2,1-2H3. The molecule has 1 saturated carbocycles. The summed E-state index contributed by atoms with van der Waals surface area (Å²) < 4.78 is 5.83. The molecular weight excluding hydrogens is 338 g/mol. The lowest BCUT2D eigenvalue weighted by molar-refractivity contribution is 0.0659. The minimum atomic E-state index is 0.138. The van der Waals surface area contributed by atoms with Crippen LogP contribution in [0.15, 0.2) is 30.3 Å². The topological polar surface area (TPSA) is 55.3 Å². The van der Waals surface area contributed by atoms with Gasteiger partial charge in [-0.05, 0) is 74.8 Å². The van der Waals surface area contributed by atoms with Gasteiger partial charge in [-0.25, -0.2) is 0 Å². The van der Waals surface area contributed by atoms with Crippen LogP contribution in [-0.2, 0) is 0 Å². The summed E-state index contributed by atoms with van der Waals surface area (Å²) >= 11 is 0. The molecule has 0 spiro atoms. The van der Waals surface area contributed by atoms with E-state index in [0.717, 1.165) is 42.8 Å². The van der Waals surface area contributed by atoms with Gasteiger partial charge in [0.1, 0.15) is 0 Å². The molecule has 2 fully saturated rings. The maximum absolute atomic E-state index is 12.7. The van der Waals surface area contributed by atoms with Crippen molar-refractivity contribution >= 4 is 5.91 Å². The predicted octanol–water partition coefficient (Wildman–Crippen LogP) is 3.90. The molecule has 0 N–H and O–H groups in total. The zero-order valence-corrected chi connectivity index (χ0v) is 16.1. The van der Waals surface area contributed by atoms with Crippen molar-refractivity contribution in [3.63, 3.8) is 0 Å². The quantitative estimate of drug-likeness (QED) is 0.806. The number of rotatable bonds is 5. The smallest absolute Gasteiger partial charge is 0.253 e. The Morgan fingerprint density at radius 1 is 1.04 bits per heavy atom. The van der Waals surface area contributed by atoms with Crippen molar-refractivity contribution in [2.75, 3.05) is 19.7 Å². The van der Waals surface area contributed by atoms with Crippen molar-refractivity contribution in [1.29, 1.82) is 0 Å². The summed E-state index contributed by atoms with van der Waals surface area (Å²) in [4.78, 5) is 14.7. The lowest BCUT2D eigenvalue weighted by Gasteiger charge is -2.32. The molecule has 4 rings (SSSR count). The summed E-state index contributed by atoms with van der Waals surface area (Å²) in [6, 6.07) is 9.92. The van der Waals surface area contributed by atoms with E-state index in [1.165, 1.54) is 18.4 Å². The third kappa shape index (κ3) is 4.29. The van der Waals surface area contributed by atoms with Gasteiger partial charge < -0.3 is 9.64 Å². The van der Waals surface area contributed by atoms with Crippen molar-refractivity contribution in [3.8, 4) is 5.88 Å². The van der Waals surface area contributed by atoms with Crippen LogP contribution in [0, 0.1) is 19.8 Å². The van der Waals surface area contributed by atoms with Crippen molar-refractivity contribution in [2.45, 2.75) is 45.4 Å². The zero-order chi connectivity index (χ0) is 18.8. The first kappa shape index (κ1) is 18.0. The Balaban J connectivity index is 1.25. The first-order valence-corrected chi connectivity index (χ1v) is 9.93. The van der Waals surface area contributed by atoms with E-state index in [2.05, 4.69) is 24.0 Å². The van der Waals surface area contributed by atoms with Crippen LogP contribution in [0.5, 0.6) is 5.88 Å². The van der Waals surface area contributed by atoms with Crippen molar-refractivity contribution < 1.29 is 9.53 Å². The van der Waals surface area contributed by atoms with E-state index in [0.29, 0.717) is 24.3 Å². The fourth-order valence-electron chi connectivity index (χ4n) is 3.57. The first-order chi connectivity index (χ1) is 13.1. The maximum atomic E-state index is 12.7. The third-order valence-electron chi connectivity index (χ3n) is 5.78. The highest BCUT2D eigenvalue weighted by atomic mass is 16.5. The van der Waals surface area contributed by atoms with Gasteiger partial charge >= 0.3 is 0 Å². The number of carbonyl (C=O) groups excluding carboxylic acids is 1. The minimum Gasteiger partial charge on any atom is -0.476 e. The highest BCUT2D eigenvalue weighted by Crippen LogP contribution is 2.38. The van der Waals surface area contributed by atoms with Crippen LogP contribution in [0.3, 0.4) is 0 Å². The van der Waals surface area contributed by atoms with Gasteiger partial charge in [-0.1, -0.05) is 6.07 Å². The van der Waals surface area contributed by atoms with Crippen LogP contribution in [0.25, 0.3) is 0 Å². The first-order valence-electron chi connectivity index (χ1n) is 9.93. The average molecular weight is 365 g/mol. The number of ether oxygens (including phenoxy) is 1. The highest BCUT2D eigenvalue weighted by Gasteiger charge is 2.26. The molecule has 142 valence electrons. The summed E-state index contributed by atoms with van der Waals surface area (Å²) in [5.41, 5.74) is 4.26. The lowest BCUT2D eigenvalue weighted by atomic mass is 9.97. The summed E-state index contributed by atoms with van der Waals surface area (Å²) in [5.74, 6) is 1.82. The molecule has 0 radical (unpaired) electrons. The Morgan fingerprint density at radius 3 is 2.44 bits per heavy atom. The largest absolute Gasteiger partial charge is 0.476 e. The number of amides is 1. The van der Waals surface area contributed by atoms with Gasteiger partial charge in [-0.15, -0.1) is 5.10 Å². The normalized spacial score (nSPS) is 17.8. The summed E-state index contributed by atoms with van der Waals surface area (Å²) in [6.07, 6.45) is 4.39. The van der Waals surface area contributed by atoms with E-state index < -0.39 is 0 Å². The van der Waals surface area contributed by atoms with Gasteiger partial charge in [0.25, 0.3) is 5.91 Å². The zero-order valence-electron chi connectivity index (χ0n) is 16.1. The number of aromatic nitrogens is 2. The minimum absolute atomic E-state index is 0.138. The molecule has 27 heavy (non-hydrogen) atoms. The van der Waals surface area contributed by atoms with Crippen LogP contribution in [-0.4, -0.2) is 40.7 Å². The molecule has 0 unspecified atom stereocenters. The Labute approximate surface area is 160 Å². The van der Waals surface area contributed by atoms with E-state index >= 15 is 0 Å². The third-order valence-corrected chi connectivity index (χ3v) is 5.78. The molecule has 1 aromatic heterocycles. The fourth-order valence-corrected chi connectivity index (χ4v) is 3.57. The molecule has 1 aliphatic carbocycles. The number of likely N-dealkylation sites (tertiary alicyclic amines) is 1. The van der Waals surface area contributed by atoms with Crippen molar-refractivity contribution in [3.05, 3.63) is 52.7 Å². The average Bonchev–Trinajstić information content (AvgIpc) is 3.54. The van der Waals surface area contributed by atoms with Gasteiger partial charge in [-0.3, -0.25) is 4.79 Å². The Kier molecular flexibility index (Phi) is 5.10. The number of hydrogen-bond donors (Lipinski definition) is 0. The Morgan fingerprint density at radius 2 is 1.81 bits per heavy atom.